The molecule has 2 aliphatic rings. The number of benzene rings is 9. The van der Waals surface area contributed by atoms with Crippen molar-refractivity contribution in [2.75, 3.05) is 0 Å². The standard InChI is InChI=1S/C55H36N2/c1-55(2)45-24-11-8-19-42(45)51-52(55)54-50(49-43-20-9-12-25-46(43)56(53(49)51)34-15-4-3-5-16-34)44-21-10-13-26-47(44)57(54)35-29-27-33(28-30-35)36-31-32-41-38-18-7-6-17-37(38)40-23-14-22-39(36)48(40)41/h3-32H,1-2H3. The summed E-state index contributed by atoms with van der Waals surface area (Å²) in [7, 11) is 0. The van der Waals surface area contributed by atoms with Crippen LogP contribution < -0.4 is 0 Å². The van der Waals surface area contributed by atoms with Crippen LogP contribution in [0, 0.1) is 0 Å². The van der Waals surface area contributed by atoms with Gasteiger partial charge in [-0.15, -0.1) is 0 Å². The van der Waals surface area contributed by atoms with Crippen molar-refractivity contribution in [1.82, 2.24) is 9.13 Å². The van der Waals surface area contributed by atoms with E-state index in [0.29, 0.717) is 0 Å². The third-order valence-electron chi connectivity index (χ3n) is 13.2. The van der Waals surface area contributed by atoms with Crippen LogP contribution in [0.5, 0.6) is 0 Å². The van der Waals surface area contributed by atoms with Gasteiger partial charge in [0.15, 0.2) is 0 Å². The predicted octanol–water partition coefficient (Wildman–Crippen LogP) is 14.7. The van der Waals surface area contributed by atoms with Crippen molar-refractivity contribution in [1.29, 1.82) is 0 Å². The largest absolute Gasteiger partial charge is 0.309 e. The molecule has 0 spiro atoms. The van der Waals surface area contributed by atoms with E-state index < -0.39 is 0 Å². The third-order valence-corrected chi connectivity index (χ3v) is 13.2. The van der Waals surface area contributed by atoms with Gasteiger partial charge in [0.2, 0.25) is 0 Å². The molecule has 0 saturated heterocycles. The first-order chi connectivity index (χ1) is 28.1. The number of hydrogen-bond donors (Lipinski definition) is 0. The van der Waals surface area contributed by atoms with Crippen molar-refractivity contribution in [3.05, 3.63) is 193 Å². The molecule has 266 valence electrons. The van der Waals surface area contributed by atoms with E-state index in [1.165, 1.54) is 121 Å². The van der Waals surface area contributed by atoms with E-state index >= 15 is 0 Å². The third kappa shape index (κ3) is 3.90. The highest BCUT2D eigenvalue weighted by molar-refractivity contribution is 6.33. The highest BCUT2D eigenvalue weighted by Gasteiger charge is 2.41. The monoisotopic (exact) mass is 724 g/mol. The van der Waals surface area contributed by atoms with Crippen molar-refractivity contribution in [2.45, 2.75) is 19.3 Å². The van der Waals surface area contributed by atoms with E-state index in [0.717, 1.165) is 0 Å². The van der Waals surface area contributed by atoms with Gasteiger partial charge >= 0.3 is 0 Å². The zero-order chi connectivity index (χ0) is 37.6. The number of nitrogens with zero attached hydrogens (tertiary/aromatic N) is 2. The van der Waals surface area contributed by atoms with Crippen molar-refractivity contribution in [3.8, 4) is 55.9 Å². The second-order valence-electron chi connectivity index (χ2n) is 16.4. The number of fused-ring (bicyclic) bond motifs is 15. The van der Waals surface area contributed by atoms with Crippen LogP contribution in [-0.4, -0.2) is 9.13 Å². The summed E-state index contributed by atoms with van der Waals surface area (Å²) in [4.78, 5) is 0. The van der Waals surface area contributed by atoms with Gasteiger partial charge in [-0.25, -0.2) is 0 Å². The lowest BCUT2D eigenvalue weighted by atomic mass is 9.81. The molecule has 2 heteroatoms. The summed E-state index contributed by atoms with van der Waals surface area (Å²) in [5, 5.41) is 7.86. The average molecular weight is 725 g/mol. The van der Waals surface area contributed by atoms with Crippen LogP contribution in [0.1, 0.15) is 25.0 Å². The molecule has 0 amide bonds. The molecule has 2 heterocycles. The lowest BCUT2D eigenvalue weighted by Crippen LogP contribution is -2.16. The second kappa shape index (κ2) is 11.0. The van der Waals surface area contributed by atoms with Crippen molar-refractivity contribution in [3.63, 3.8) is 0 Å². The van der Waals surface area contributed by atoms with E-state index in [1.54, 1.807) is 0 Å². The lowest BCUT2D eigenvalue weighted by molar-refractivity contribution is 0.664. The Bertz CT molecular complexity index is 3490. The van der Waals surface area contributed by atoms with Gasteiger partial charge in [-0.1, -0.05) is 159 Å². The van der Waals surface area contributed by atoms with Gasteiger partial charge in [-0.2, -0.15) is 0 Å². The Morgan fingerprint density at radius 1 is 0.351 bits per heavy atom. The number of aromatic nitrogens is 2. The predicted molar refractivity (Wildman–Crippen MR) is 240 cm³/mol. The summed E-state index contributed by atoms with van der Waals surface area (Å²) in [6.07, 6.45) is 0. The number of para-hydroxylation sites is 3. The Kier molecular flexibility index (Phi) is 6.00. The Balaban J connectivity index is 1.13. The van der Waals surface area contributed by atoms with Gasteiger partial charge in [0.1, 0.15) is 0 Å². The molecule has 57 heavy (non-hydrogen) atoms. The quantitative estimate of drug-likeness (QED) is 0.172. The van der Waals surface area contributed by atoms with E-state index in [4.69, 9.17) is 0 Å². The van der Waals surface area contributed by atoms with Crippen LogP contribution in [0.25, 0.3) is 110 Å². The molecule has 0 fully saturated rings. The maximum atomic E-state index is 2.57. The molecular weight excluding hydrogens is 689 g/mol. The lowest BCUT2D eigenvalue weighted by Gasteiger charge is -2.24. The van der Waals surface area contributed by atoms with Crippen LogP contribution in [0.3, 0.4) is 0 Å². The summed E-state index contributed by atoms with van der Waals surface area (Å²) in [6.45, 7) is 4.86. The molecule has 11 aromatic rings. The molecule has 0 aliphatic heterocycles. The first-order valence-electron chi connectivity index (χ1n) is 20.0. The summed E-state index contributed by atoms with van der Waals surface area (Å²) < 4.78 is 5.09. The molecule has 2 aliphatic carbocycles. The summed E-state index contributed by atoms with van der Waals surface area (Å²) in [5.41, 5.74) is 20.4. The summed E-state index contributed by atoms with van der Waals surface area (Å²) in [5.74, 6) is 0. The Hall–Kier alpha value is -7.16. The van der Waals surface area contributed by atoms with Crippen molar-refractivity contribution >= 4 is 54.4 Å². The summed E-state index contributed by atoms with van der Waals surface area (Å²) >= 11 is 0. The smallest absolute Gasteiger partial charge is 0.0630 e. The van der Waals surface area contributed by atoms with E-state index in [9.17, 15) is 0 Å². The maximum Gasteiger partial charge on any atom is 0.0630 e. The first-order valence-corrected chi connectivity index (χ1v) is 20.0. The van der Waals surface area contributed by atoms with Gasteiger partial charge in [-0.05, 0) is 97.2 Å². The highest BCUT2D eigenvalue weighted by Crippen LogP contribution is 2.58. The van der Waals surface area contributed by atoms with Crippen LogP contribution >= 0.6 is 0 Å². The summed E-state index contributed by atoms with van der Waals surface area (Å²) in [6, 6.07) is 67.7. The molecule has 0 bridgehead atoms. The molecule has 2 nitrogen and oxygen atoms in total. The Morgan fingerprint density at radius 2 is 0.860 bits per heavy atom. The Labute approximate surface area is 330 Å². The fourth-order valence-corrected chi connectivity index (χ4v) is 10.9. The SMILES string of the molecule is CC1(C)c2ccccc2-c2c1c1c(c3ccccc3n1-c1ccc(-c3ccc4c5c(cccc35)-c3ccccc3-4)cc1)c1c3ccccc3n(-c3ccccc3)c21. The fourth-order valence-electron chi connectivity index (χ4n) is 10.9. The highest BCUT2D eigenvalue weighted by atomic mass is 15.0. The van der Waals surface area contributed by atoms with Gasteiger partial charge in [-0.3, -0.25) is 0 Å². The van der Waals surface area contributed by atoms with Gasteiger partial charge in [0, 0.05) is 43.9 Å². The minimum absolute atomic E-state index is 0.245. The molecule has 0 unspecified atom stereocenters. The van der Waals surface area contributed by atoms with Gasteiger partial charge in [0.25, 0.3) is 0 Å². The van der Waals surface area contributed by atoms with Crippen molar-refractivity contribution in [2.24, 2.45) is 0 Å². The molecule has 2 aromatic heterocycles. The first kappa shape index (κ1) is 31.1. The average Bonchev–Trinajstić information content (AvgIpc) is 3.96. The minimum Gasteiger partial charge on any atom is -0.309 e. The van der Waals surface area contributed by atoms with Crippen LogP contribution in [0.2, 0.25) is 0 Å². The normalized spacial score (nSPS) is 13.6. The van der Waals surface area contributed by atoms with Crippen molar-refractivity contribution < 1.29 is 0 Å². The topological polar surface area (TPSA) is 9.86 Å². The van der Waals surface area contributed by atoms with Gasteiger partial charge < -0.3 is 9.13 Å². The number of hydrogen-bond acceptors (Lipinski definition) is 0. The molecule has 0 saturated carbocycles. The van der Waals surface area contributed by atoms with E-state index in [1.807, 2.05) is 0 Å². The molecule has 0 atom stereocenters. The molecule has 0 radical (unpaired) electrons. The Morgan fingerprint density at radius 3 is 1.58 bits per heavy atom. The van der Waals surface area contributed by atoms with E-state index in [-0.39, 0.29) is 5.41 Å². The molecular formula is C55H36N2. The fraction of sp³-hybridized carbons (Fsp3) is 0.0545. The van der Waals surface area contributed by atoms with Crippen LogP contribution in [0.15, 0.2) is 182 Å². The number of rotatable bonds is 3. The van der Waals surface area contributed by atoms with Crippen LogP contribution in [0.4, 0.5) is 0 Å². The minimum atomic E-state index is -0.245. The molecule has 0 N–H and O–H groups in total. The zero-order valence-corrected chi connectivity index (χ0v) is 31.7. The van der Waals surface area contributed by atoms with Crippen LogP contribution in [-0.2, 0) is 5.41 Å². The van der Waals surface area contributed by atoms with Gasteiger partial charge in [0.05, 0.1) is 22.1 Å². The maximum absolute atomic E-state index is 2.57. The zero-order valence-electron chi connectivity index (χ0n) is 31.7. The molecule has 9 aromatic carbocycles. The molecule has 13 rings (SSSR count). The van der Waals surface area contributed by atoms with E-state index in [2.05, 4.69) is 205 Å². The second-order valence-corrected chi connectivity index (χ2v) is 16.4.